The highest BCUT2D eigenvalue weighted by Crippen LogP contribution is 2.35. The first-order valence-electron chi connectivity index (χ1n) is 12.5. The molecule has 0 saturated heterocycles. The van der Waals surface area contributed by atoms with Crippen molar-refractivity contribution in [2.75, 3.05) is 0 Å². The molecule has 0 amide bonds. The van der Waals surface area contributed by atoms with Crippen LogP contribution >= 0.6 is 37.2 Å². The van der Waals surface area contributed by atoms with Crippen LogP contribution in [-0.4, -0.2) is 21.5 Å². The molecule has 2 aliphatic rings. The molecule has 2 heterocycles. The molecule has 2 aromatic heterocycles. The lowest BCUT2D eigenvalue weighted by Gasteiger charge is -2.20. The third-order valence-corrected chi connectivity index (χ3v) is 6.60. The number of hydrogen-bond acceptors (Lipinski definition) is 2. The number of carbonyl (C=O) groups excluding carboxylic acids is 2. The van der Waals surface area contributed by atoms with Crippen molar-refractivity contribution in [2.45, 2.75) is 64.7 Å². The van der Waals surface area contributed by atoms with E-state index in [4.69, 9.17) is 0 Å². The molecule has 36 heavy (non-hydrogen) atoms. The first-order valence-corrected chi connectivity index (χ1v) is 18.7. The monoisotopic (exact) mass is 708 g/mol. The number of aryl methyl sites for hydroxylation is 2. The summed E-state index contributed by atoms with van der Waals surface area (Å²) in [6, 6.07) is 14.9. The molecular formula is C30H34I2N2O2. The SMILES string of the molecule is Cc1ccc2[nH]cc(C3CCCC(=O)C3)c2c1.Cc1ccc2[nH]ccc2c1.II.O=C1C=CCCC1. The number of Topliss-reactive ketones (excluding diaryl/α,β-unsaturated/α-hetero) is 1. The predicted octanol–water partition coefficient (Wildman–Crippen LogP) is 9.25. The van der Waals surface area contributed by atoms with Crippen molar-refractivity contribution in [2.24, 2.45) is 0 Å². The van der Waals surface area contributed by atoms with E-state index in [-0.39, 0.29) is 5.78 Å². The van der Waals surface area contributed by atoms with E-state index in [0.29, 0.717) is 11.7 Å². The first-order chi connectivity index (χ1) is 17.5. The Morgan fingerprint density at radius 1 is 0.861 bits per heavy atom. The van der Waals surface area contributed by atoms with Crippen LogP contribution in [0.3, 0.4) is 0 Å². The van der Waals surface area contributed by atoms with Crippen LogP contribution in [0.4, 0.5) is 0 Å². The molecule has 2 N–H and O–H groups in total. The number of aromatic amines is 2. The number of hydrogen-bond donors (Lipinski definition) is 2. The van der Waals surface area contributed by atoms with Gasteiger partial charge in [0.25, 0.3) is 0 Å². The molecule has 1 fully saturated rings. The number of benzene rings is 2. The largest absolute Gasteiger partial charge is 0.361 e. The zero-order chi connectivity index (χ0) is 25.9. The average molecular weight is 708 g/mol. The van der Waals surface area contributed by atoms with E-state index in [9.17, 15) is 9.59 Å². The molecule has 1 atom stereocenters. The van der Waals surface area contributed by atoms with Crippen molar-refractivity contribution in [3.63, 3.8) is 0 Å². The van der Waals surface area contributed by atoms with Crippen LogP contribution in [0, 0.1) is 13.8 Å². The minimum Gasteiger partial charge on any atom is -0.361 e. The molecule has 6 rings (SSSR count). The Kier molecular flexibility index (Phi) is 11.7. The summed E-state index contributed by atoms with van der Waals surface area (Å²) >= 11 is 4.24. The van der Waals surface area contributed by atoms with Gasteiger partial charge >= 0.3 is 0 Å². The number of nitrogens with one attached hydrogen (secondary N) is 2. The van der Waals surface area contributed by atoms with Crippen molar-refractivity contribution in [1.29, 1.82) is 0 Å². The fraction of sp³-hybridized carbons (Fsp3) is 0.333. The summed E-state index contributed by atoms with van der Waals surface area (Å²) in [4.78, 5) is 28.4. The lowest BCUT2D eigenvalue weighted by molar-refractivity contribution is -0.120. The normalized spacial score (nSPS) is 16.9. The van der Waals surface area contributed by atoms with Gasteiger partial charge in [-0.15, -0.1) is 0 Å². The highest BCUT2D eigenvalue weighted by Gasteiger charge is 2.23. The third-order valence-electron chi connectivity index (χ3n) is 6.60. The van der Waals surface area contributed by atoms with Gasteiger partial charge in [0.15, 0.2) is 5.78 Å². The molecule has 4 nitrogen and oxygen atoms in total. The Morgan fingerprint density at radius 2 is 1.61 bits per heavy atom. The van der Waals surface area contributed by atoms with Crippen LogP contribution in [0.1, 0.15) is 67.6 Å². The van der Waals surface area contributed by atoms with Crippen LogP contribution in [0.2, 0.25) is 0 Å². The van der Waals surface area contributed by atoms with Crippen LogP contribution < -0.4 is 0 Å². The number of allylic oxidation sites excluding steroid dienone is 2. The van der Waals surface area contributed by atoms with Gasteiger partial charge in [-0.05, 0) is 92.8 Å². The topological polar surface area (TPSA) is 65.7 Å². The van der Waals surface area contributed by atoms with Crippen molar-refractivity contribution < 1.29 is 9.59 Å². The van der Waals surface area contributed by atoms with Crippen LogP contribution in [0.25, 0.3) is 21.8 Å². The first kappa shape index (κ1) is 28.6. The summed E-state index contributed by atoms with van der Waals surface area (Å²) in [5.74, 6) is 1.13. The molecule has 0 aliphatic heterocycles. The van der Waals surface area contributed by atoms with Gasteiger partial charge < -0.3 is 9.97 Å². The Morgan fingerprint density at radius 3 is 2.28 bits per heavy atom. The number of aromatic nitrogens is 2. The van der Waals surface area contributed by atoms with Crippen molar-refractivity contribution in [3.8, 4) is 0 Å². The van der Waals surface area contributed by atoms with Gasteiger partial charge in [-0.25, -0.2) is 0 Å². The number of rotatable bonds is 1. The molecule has 0 spiro atoms. The highest BCUT2D eigenvalue weighted by atomic mass is 128. The second kappa shape index (κ2) is 14.7. The molecule has 2 aliphatic carbocycles. The maximum absolute atomic E-state index is 11.6. The Labute approximate surface area is 237 Å². The van der Waals surface area contributed by atoms with E-state index >= 15 is 0 Å². The molecule has 2 aromatic carbocycles. The summed E-state index contributed by atoms with van der Waals surface area (Å²) in [7, 11) is 0. The maximum atomic E-state index is 11.6. The number of fused-ring (bicyclic) bond motifs is 2. The van der Waals surface area contributed by atoms with Crippen LogP contribution in [0.15, 0.2) is 67.0 Å². The summed E-state index contributed by atoms with van der Waals surface area (Å²) < 4.78 is 0. The minimum atomic E-state index is 0.284. The third kappa shape index (κ3) is 8.30. The van der Waals surface area contributed by atoms with E-state index in [1.807, 2.05) is 12.3 Å². The van der Waals surface area contributed by atoms with Gasteiger partial charge in [0, 0.05) is 85.3 Å². The van der Waals surface area contributed by atoms with Gasteiger partial charge in [0.2, 0.25) is 0 Å². The molecule has 6 heteroatoms. The summed E-state index contributed by atoms with van der Waals surface area (Å²) in [5, 5.41) is 2.59. The number of H-pyrrole nitrogens is 2. The second-order valence-electron chi connectivity index (χ2n) is 9.45. The predicted molar refractivity (Wildman–Crippen MR) is 168 cm³/mol. The molecule has 0 bridgehead atoms. The van der Waals surface area contributed by atoms with E-state index < -0.39 is 0 Å². The number of carbonyl (C=O) groups is 2. The smallest absolute Gasteiger partial charge is 0.155 e. The maximum Gasteiger partial charge on any atom is 0.155 e. The van der Waals surface area contributed by atoms with Gasteiger partial charge in [-0.2, -0.15) is 0 Å². The highest BCUT2D eigenvalue weighted by molar-refractivity contribution is 15.0. The van der Waals surface area contributed by atoms with Crippen molar-refractivity contribution >= 4 is 70.6 Å². The lowest BCUT2D eigenvalue weighted by Crippen LogP contribution is -2.12. The van der Waals surface area contributed by atoms with E-state index in [1.54, 1.807) is 6.08 Å². The Hall–Kier alpha value is -1.94. The number of ketones is 2. The van der Waals surface area contributed by atoms with Gasteiger partial charge in [0.1, 0.15) is 5.78 Å². The summed E-state index contributed by atoms with van der Waals surface area (Å²) in [5.41, 5.74) is 6.32. The Bertz CT molecular complexity index is 1320. The molecule has 0 radical (unpaired) electrons. The summed E-state index contributed by atoms with van der Waals surface area (Å²) in [6.45, 7) is 4.22. The number of halogens is 2. The van der Waals surface area contributed by atoms with Gasteiger partial charge in [0.05, 0.1) is 0 Å². The van der Waals surface area contributed by atoms with Gasteiger partial charge in [-0.1, -0.05) is 29.3 Å². The quantitative estimate of drug-likeness (QED) is 0.194. The lowest BCUT2D eigenvalue weighted by atomic mass is 9.83. The van der Waals surface area contributed by atoms with Crippen LogP contribution in [0.5, 0.6) is 0 Å². The molecule has 4 aromatic rings. The minimum absolute atomic E-state index is 0.284. The average Bonchev–Trinajstić information content (AvgIpc) is 3.53. The molecule has 1 saturated carbocycles. The van der Waals surface area contributed by atoms with Crippen molar-refractivity contribution in [1.82, 2.24) is 9.97 Å². The van der Waals surface area contributed by atoms with E-state index in [2.05, 4.69) is 110 Å². The summed E-state index contributed by atoms with van der Waals surface area (Å²) in [6.07, 6.45) is 14.2. The molecular weight excluding hydrogens is 674 g/mol. The Balaban J connectivity index is 0.000000161. The molecule has 190 valence electrons. The fourth-order valence-electron chi connectivity index (χ4n) is 4.75. The molecule has 1 unspecified atom stereocenters. The zero-order valence-electron chi connectivity index (χ0n) is 21.0. The van der Waals surface area contributed by atoms with Gasteiger partial charge in [-0.3, -0.25) is 9.59 Å². The van der Waals surface area contributed by atoms with Crippen LogP contribution in [-0.2, 0) is 9.59 Å². The second-order valence-corrected chi connectivity index (χ2v) is 9.45. The fourth-order valence-corrected chi connectivity index (χ4v) is 4.75. The standard InChI is InChI=1S/C15H17NO.C9H9N.C6H8O.I2/c1-10-5-6-15-13(7-10)14(9-16-15)11-3-2-4-12(17)8-11;1-7-2-3-9-8(6-7)4-5-10-9;7-6-4-2-1-3-5-6;1-2/h5-7,9,11,16H,2-4,8H2,1H3;2-6,10H,1H3;2,4H,1,3,5H2;. The van der Waals surface area contributed by atoms with Crippen molar-refractivity contribution in [3.05, 3.63) is 83.7 Å². The van der Waals surface area contributed by atoms with E-state index in [0.717, 1.165) is 44.9 Å². The van der Waals surface area contributed by atoms with E-state index in [1.165, 1.54) is 38.5 Å². The zero-order valence-corrected chi connectivity index (χ0v) is 25.3.